The molecule has 0 aliphatic carbocycles. The molecule has 0 fully saturated rings. The number of anilines is 1. The van der Waals surface area contributed by atoms with Crippen molar-refractivity contribution in [3.63, 3.8) is 0 Å². The maximum atomic E-state index is 13.7. The Bertz CT molecular complexity index is 787. The Hall–Kier alpha value is -2.25. The fourth-order valence-corrected chi connectivity index (χ4v) is 2.90. The van der Waals surface area contributed by atoms with Crippen LogP contribution in [0.1, 0.15) is 5.56 Å². The van der Waals surface area contributed by atoms with E-state index in [0.29, 0.717) is 17.9 Å². The molecule has 0 unspecified atom stereocenters. The van der Waals surface area contributed by atoms with Gasteiger partial charge in [-0.1, -0.05) is 12.1 Å². The van der Waals surface area contributed by atoms with E-state index in [2.05, 4.69) is 10.4 Å². The van der Waals surface area contributed by atoms with Gasteiger partial charge in [-0.05, 0) is 17.5 Å². The van der Waals surface area contributed by atoms with Crippen molar-refractivity contribution < 1.29 is 13.9 Å². The van der Waals surface area contributed by atoms with Crippen molar-refractivity contribution in [2.45, 2.75) is 13.1 Å². The Balaban J connectivity index is 1.81. The van der Waals surface area contributed by atoms with Gasteiger partial charge < -0.3 is 10.4 Å². The zero-order valence-corrected chi connectivity index (χ0v) is 13.0. The van der Waals surface area contributed by atoms with Crippen molar-refractivity contribution in [1.29, 1.82) is 0 Å². The van der Waals surface area contributed by atoms with Gasteiger partial charge in [-0.3, -0.25) is 0 Å². The number of benzene rings is 1. The number of rotatable bonds is 6. The third-order valence-electron chi connectivity index (χ3n) is 3.34. The molecule has 0 bridgehead atoms. The van der Waals surface area contributed by atoms with Gasteiger partial charge >= 0.3 is 0 Å². The highest BCUT2D eigenvalue weighted by Gasteiger charge is 2.11. The highest BCUT2D eigenvalue weighted by Crippen LogP contribution is 2.26. The summed E-state index contributed by atoms with van der Waals surface area (Å²) in [7, 11) is 0. The quantitative estimate of drug-likeness (QED) is 0.725. The molecule has 0 atom stereocenters. The molecule has 1 aromatic carbocycles. The molecule has 4 nitrogen and oxygen atoms in total. The van der Waals surface area contributed by atoms with Gasteiger partial charge in [0, 0.05) is 24.2 Å². The summed E-state index contributed by atoms with van der Waals surface area (Å²) in [5.74, 6) is -0.521. The van der Waals surface area contributed by atoms with Crippen LogP contribution in [-0.4, -0.2) is 21.5 Å². The summed E-state index contributed by atoms with van der Waals surface area (Å²) in [4.78, 5) is 1.01. The largest absolute Gasteiger partial charge is 0.394 e. The highest BCUT2D eigenvalue weighted by molar-refractivity contribution is 7.13. The van der Waals surface area contributed by atoms with Gasteiger partial charge in [-0.25, -0.2) is 13.5 Å². The summed E-state index contributed by atoms with van der Waals surface area (Å²) in [6, 6.07) is 9.24. The number of hydrogen-bond acceptors (Lipinski definition) is 4. The average molecular weight is 335 g/mol. The van der Waals surface area contributed by atoms with Crippen molar-refractivity contribution in [2.24, 2.45) is 0 Å². The van der Waals surface area contributed by atoms with E-state index >= 15 is 0 Å². The molecule has 0 radical (unpaired) electrons. The van der Waals surface area contributed by atoms with Crippen molar-refractivity contribution in [2.75, 3.05) is 11.9 Å². The summed E-state index contributed by atoms with van der Waals surface area (Å²) < 4.78 is 28.3. The first kappa shape index (κ1) is 15.6. The lowest BCUT2D eigenvalue weighted by Crippen LogP contribution is -2.11. The van der Waals surface area contributed by atoms with Crippen molar-refractivity contribution >= 4 is 17.2 Å². The lowest BCUT2D eigenvalue weighted by Gasteiger charge is -2.09. The van der Waals surface area contributed by atoms with Gasteiger partial charge in [0.2, 0.25) is 0 Å². The molecule has 0 saturated heterocycles. The van der Waals surface area contributed by atoms with Crippen LogP contribution in [0.2, 0.25) is 0 Å². The number of nitrogens with zero attached hydrogens (tertiary/aromatic N) is 2. The number of aliphatic hydroxyl groups is 1. The fourth-order valence-electron chi connectivity index (χ4n) is 2.22. The minimum absolute atomic E-state index is 0.0504. The van der Waals surface area contributed by atoms with Crippen LogP contribution >= 0.6 is 11.3 Å². The van der Waals surface area contributed by atoms with Crippen LogP contribution < -0.4 is 5.32 Å². The molecule has 0 aliphatic rings. The predicted molar refractivity (Wildman–Crippen MR) is 86.3 cm³/mol. The Morgan fingerprint density at radius 2 is 2.09 bits per heavy atom. The molecule has 2 heterocycles. The summed E-state index contributed by atoms with van der Waals surface area (Å²) in [5, 5.41) is 18.6. The van der Waals surface area contributed by atoms with Crippen molar-refractivity contribution in [3.05, 3.63) is 59.0 Å². The van der Waals surface area contributed by atoms with Crippen LogP contribution in [0.5, 0.6) is 0 Å². The molecule has 120 valence electrons. The molecule has 7 heteroatoms. The third-order valence-corrected chi connectivity index (χ3v) is 4.23. The first-order valence-corrected chi connectivity index (χ1v) is 7.95. The predicted octanol–water partition coefficient (Wildman–Crippen LogP) is 3.49. The maximum absolute atomic E-state index is 13.7. The van der Waals surface area contributed by atoms with Gasteiger partial charge in [0.25, 0.3) is 0 Å². The molecule has 0 aliphatic heterocycles. The van der Waals surface area contributed by atoms with E-state index < -0.39 is 11.6 Å². The van der Waals surface area contributed by atoms with E-state index in [1.165, 1.54) is 12.1 Å². The molecule has 0 amide bonds. The Morgan fingerprint density at radius 1 is 1.22 bits per heavy atom. The Kier molecular flexibility index (Phi) is 4.68. The molecule has 2 N–H and O–H groups in total. The molecule has 0 spiro atoms. The number of aromatic nitrogens is 2. The minimum atomic E-state index is -0.600. The molecule has 0 saturated carbocycles. The standard InChI is InChI=1S/C16H15F2N3OS/c17-12-4-3-11(13(18)8-12)10-19-16-9-14(15-2-1-7-23-15)20-21(16)5-6-22/h1-4,7-9,19,22H,5-6,10H2. The van der Waals surface area contributed by atoms with Crippen LogP contribution in [-0.2, 0) is 13.1 Å². The Morgan fingerprint density at radius 3 is 2.78 bits per heavy atom. The molecule has 23 heavy (non-hydrogen) atoms. The van der Waals surface area contributed by atoms with Crippen LogP contribution in [0.4, 0.5) is 14.6 Å². The van der Waals surface area contributed by atoms with Gasteiger partial charge in [-0.2, -0.15) is 5.10 Å². The fraction of sp³-hybridized carbons (Fsp3) is 0.188. The van der Waals surface area contributed by atoms with E-state index in [-0.39, 0.29) is 13.2 Å². The zero-order valence-electron chi connectivity index (χ0n) is 12.2. The second kappa shape index (κ2) is 6.89. The van der Waals surface area contributed by atoms with Gasteiger partial charge in [0.05, 0.1) is 18.0 Å². The molecular formula is C16H15F2N3OS. The molecular weight excluding hydrogens is 320 g/mol. The third kappa shape index (κ3) is 3.57. The summed E-state index contributed by atoms with van der Waals surface area (Å²) in [6.07, 6.45) is 0. The number of nitrogens with one attached hydrogen (secondary N) is 1. The van der Waals surface area contributed by atoms with E-state index in [1.807, 2.05) is 23.6 Å². The van der Waals surface area contributed by atoms with E-state index in [4.69, 9.17) is 5.11 Å². The van der Waals surface area contributed by atoms with Crippen molar-refractivity contribution in [1.82, 2.24) is 9.78 Å². The van der Waals surface area contributed by atoms with Gasteiger partial charge in [-0.15, -0.1) is 11.3 Å². The molecule has 3 aromatic rings. The average Bonchev–Trinajstić information content (AvgIpc) is 3.16. The summed E-state index contributed by atoms with van der Waals surface area (Å²) >= 11 is 1.57. The topological polar surface area (TPSA) is 50.1 Å². The first-order valence-electron chi connectivity index (χ1n) is 7.08. The minimum Gasteiger partial charge on any atom is -0.394 e. The van der Waals surface area contributed by atoms with E-state index in [0.717, 1.165) is 16.6 Å². The monoisotopic (exact) mass is 335 g/mol. The number of aliphatic hydroxyl groups excluding tert-OH is 1. The maximum Gasteiger partial charge on any atom is 0.131 e. The first-order chi connectivity index (χ1) is 11.2. The highest BCUT2D eigenvalue weighted by atomic mass is 32.1. The summed E-state index contributed by atoms with van der Waals surface area (Å²) in [6.45, 7) is 0.484. The lowest BCUT2D eigenvalue weighted by molar-refractivity contribution is 0.270. The zero-order chi connectivity index (χ0) is 16.2. The van der Waals surface area contributed by atoms with Gasteiger partial charge in [0.15, 0.2) is 0 Å². The van der Waals surface area contributed by atoms with Crippen LogP contribution in [0.3, 0.4) is 0 Å². The number of hydrogen-bond donors (Lipinski definition) is 2. The normalized spacial score (nSPS) is 10.9. The van der Waals surface area contributed by atoms with E-state index in [9.17, 15) is 8.78 Å². The number of thiophene rings is 1. The second-order valence-electron chi connectivity index (χ2n) is 4.93. The van der Waals surface area contributed by atoms with Gasteiger partial charge in [0.1, 0.15) is 23.1 Å². The second-order valence-corrected chi connectivity index (χ2v) is 5.88. The molecule has 2 aromatic heterocycles. The van der Waals surface area contributed by atoms with Crippen LogP contribution in [0.15, 0.2) is 41.8 Å². The van der Waals surface area contributed by atoms with E-state index in [1.54, 1.807) is 16.0 Å². The van der Waals surface area contributed by atoms with Crippen molar-refractivity contribution in [3.8, 4) is 10.6 Å². The number of halogens is 2. The van der Waals surface area contributed by atoms with Crippen LogP contribution in [0.25, 0.3) is 10.6 Å². The summed E-state index contributed by atoms with van der Waals surface area (Å²) in [5.41, 5.74) is 1.15. The lowest BCUT2D eigenvalue weighted by atomic mass is 10.2. The Labute approximate surface area is 136 Å². The molecule has 3 rings (SSSR count). The SMILES string of the molecule is OCCn1nc(-c2cccs2)cc1NCc1ccc(F)cc1F. The van der Waals surface area contributed by atoms with Crippen LogP contribution in [0, 0.1) is 11.6 Å². The smallest absolute Gasteiger partial charge is 0.131 e.